The predicted molar refractivity (Wildman–Crippen MR) is 95.8 cm³/mol. The van der Waals surface area contributed by atoms with Gasteiger partial charge in [0.2, 0.25) is 5.91 Å². The summed E-state index contributed by atoms with van der Waals surface area (Å²) in [6.07, 6.45) is 5.93. The van der Waals surface area contributed by atoms with Gasteiger partial charge in [-0.25, -0.2) is 4.39 Å². The van der Waals surface area contributed by atoms with E-state index < -0.39 is 0 Å². The van der Waals surface area contributed by atoms with Gasteiger partial charge in [-0.15, -0.1) is 10.2 Å². The van der Waals surface area contributed by atoms with Crippen LogP contribution < -0.4 is 10.6 Å². The Morgan fingerprint density at radius 3 is 2.48 bits per heavy atom. The van der Waals surface area contributed by atoms with E-state index in [0.29, 0.717) is 30.2 Å². The first kappa shape index (κ1) is 17.3. The minimum Gasteiger partial charge on any atom is -0.368 e. The van der Waals surface area contributed by atoms with E-state index in [2.05, 4.69) is 20.8 Å². The summed E-state index contributed by atoms with van der Waals surface area (Å²) >= 11 is 0. The van der Waals surface area contributed by atoms with E-state index in [1.807, 2.05) is 6.07 Å². The summed E-state index contributed by atoms with van der Waals surface area (Å²) < 4.78 is 13.5. The zero-order valence-electron chi connectivity index (χ0n) is 14.2. The summed E-state index contributed by atoms with van der Waals surface area (Å²) in [4.78, 5) is 12.2. The number of rotatable bonds is 6. The van der Waals surface area contributed by atoms with Crippen molar-refractivity contribution < 1.29 is 9.18 Å². The van der Waals surface area contributed by atoms with Crippen molar-refractivity contribution in [3.05, 3.63) is 47.8 Å². The zero-order valence-corrected chi connectivity index (χ0v) is 14.2. The second-order valence-electron chi connectivity index (χ2n) is 6.40. The maximum Gasteiger partial charge on any atom is 0.228 e. The first-order valence-corrected chi connectivity index (χ1v) is 8.84. The molecule has 2 aromatic rings. The topological polar surface area (TPSA) is 66.9 Å². The van der Waals surface area contributed by atoms with Crippen LogP contribution in [0, 0.1) is 11.7 Å². The van der Waals surface area contributed by atoms with Crippen LogP contribution in [-0.4, -0.2) is 22.6 Å². The summed E-state index contributed by atoms with van der Waals surface area (Å²) in [5.74, 6) is 1.00. The molecule has 2 N–H and O–H groups in total. The number of halogens is 1. The van der Waals surface area contributed by atoms with Crippen molar-refractivity contribution >= 4 is 17.5 Å². The summed E-state index contributed by atoms with van der Waals surface area (Å²) in [6.45, 7) is 0.559. The van der Waals surface area contributed by atoms with Crippen molar-refractivity contribution in [3.8, 4) is 0 Å². The molecule has 5 nitrogen and oxygen atoms in total. The van der Waals surface area contributed by atoms with Crippen LogP contribution in [0.3, 0.4) is 0 Å². The third-order valence-corrected chi connectivity index (χ3v) is 4.55. The van der Waals surface area contributed by atoms with Gasteiger partial charge in [-0.1, -0.05) is 37.5 Å². The predicted octanol–water partition coefficient (Wildman–Crippen LogP) is 3.79. The second-order valence-corrected chi connectivity index (χ2v) is 6.40. The van der Waals surface area contributed by atoms with Gasteiger partial charge in [0.25, 0.3) is 0 Å². The molecule has 1 aliphatic rings. The average molecular weight is 342 g/mol. The molecule has 1 aromatic heterocycles. The minimum absolute atomic E-state index is 0.0364. The molecular formula is C19H23FN4O. The number of nitrogens with one attached hydrogen (secondary N) is 2. The standard InChI is InChI=1S/C19H23FN4O/c20-16-9-5-4-6-14(16)12-13-21-17-10-11-18(24-23-17)22-19(25)15-7-2-1-3-8-15/h4-6,9-11,15H,1-3,7-8,12-13H2,(H,21,23)(H,22,24,25). The lowest BCUT2D eigenvalue weighted by atomic mass is 9.89. The molecule has 1 heterocycles. The fourth-order valence-corrected chi connectivity index (χ4v) is 3.11. The largest absolute Gasteiger partial charge is 0.368 e. The Kier molecular flexibility index (Phi) is 5.93. The molecule has 1 saturated carbocycles. The van der Waals surface area contributed by atoms with E-state index in [1.54, 1.807) is 24.3 Å². The molecule has 1 aliphatic carbocycles. The lowest BCUT2D eigenvalue weighted by Crippen LogP contribution is -2.25. The molecule has 0 aliphatic heterocycles. The fraction of sp³-hybridized carbons (Fsp3) is 0.421. The van der Waals surface area contributed by atoms with Crippen molar-refractivity contribution in [2.45, 2.75) is 38.5 Å². The van der Waals surface area contributed by atoms with Crippen LogP contribution in [0.25, 0.3) is 0 Å². The van der Waals surface area contributed by atoms with Crippen molar-refractivity contribution in [1.82, 2.24) is 10.2 Å². The van der Waals surface area contributed by atoms with Crippen molar-refractivity contribution in [2.75, 3.05) is 17.2 Å². The molecular weight excluding hydrogens is 319 g/mol. The number of carbonyl (C=O) groups is 1. The number of amides is 1. The summed E-state index contributed by atoms with van der Waals surface area (Å²) in [6, 6.07) is 10.2. The highest BCUT2D eigenvalue weighted by molar-refractivity contribution is 5.91. The van der Waals surface area contributed by atoms with Gasteiger partial charge in [-0.05, 0) is 43.0 Å². The highest BCUT2D eigenvalue weighted by Gasteiger charge is 2.21. The Bertz CT molecular complexity index is 699. The monoisotopic (exact) mass is 342 g/mol. The van der Waals surface area contributed by atoms with Crippen LogP contribution in [0.5, 0.6) is 0 Å². The number of hydrogen-bond donors (Lipinski definition) is 2. The molecule has 0 saturated heterocycles. The maximum atomic E-state index is 13.5. The molecule has 3 rings (SSSR count). The number of carbonyl (C=O) groups excluding carboxylic acids is 1. The van der Waals surface area contributed by atoms with Crippen molar-refractivity contribution in [2.24, 2.45) is 5.92 Å². The van der Waals surface area contributed by atoms with Gasteiger partial charge >= 0.3 is 0 Å². The van der Waals surface area contributed by atoms with E-state index in [4.69, 9.17) is 0 Å². The number of hydrogen-bond acceptors (Lipinski definition) is 4. The highest BCUT2D eigenvalue weighted by atomic mass is 19.1. The SMILES string of the molecule is O=C(Nc1ccc(NCCc2ccccc2F)nn1)C1CCCCC1. The van der Waals surface area contributed by atoms with E-state index in [9.17, 15) is 9.18 Å². The zero-order chi connectivity index (χ0) is 17.5. The number of aromatic nitrogens is 2. The maximum absolute atomic E-state index is 13.5. The summed E-state index contributed by atoms with van der Waals surface area (Å²) in [5.41, 5.74) is 0.666. The van der Waals surface area contributed by atoms with Crippen LogP contribution in [0.1, 0.15) is 37.7 Å². The summed E-state index contributed by atoms with van der Waals surface area (Å²) in [7, 11) is 0. The Hall–Kier alpha value is -2.50. The molecule has 0 radical (unpaired) electrons. The molecule has 1 fully saturated rings. The van der Waals surface area contributed by atoms with Gasteiger partial charge < -0.3 is 10.6 Å². The van der Waals surface area contributed by atoms with Gasteiger partial charge in [0, 0.05) is 12.5 Å². The van der Waals surface area contributed by atoms with Crippen molar-refractivity contribution in [3.63, 3.8) is 0 Å². The first-order chi connectivity index (χ1) is 12.2. The quantitative estimate of drug-likeness (QED) is 0.838. The van der Waals surface area contributed by atoms with Crippen LogP contribution in [0.4, 0.5) is 16.0 Å². The third-order valence-electron chi connectivity index (χ3n) is 4.55. The molecule has 0 atom stereocenters. The van der Waals surface area contributed by atoms with Gasteiger partial charge in [-0.3, -0.25) is 4.79 Å². The van der Waals surface area contributed by atoms with Crippen LogP contribution >= 0.6 is 0 Å². The van der Waals surface area contributed by atoms with Gasteiger partial charge in [0.05, 0.1) is 0 Å². The molecule has 0 unspecified atom stereocenters. The van der Waals surface area contributed by atoms with Gasteiger partial charge in [-0.2, -0.15) is 0 Å². The molecule has 0 bridgehead atoms. The molecule has 25 heavy (non-hydrogen) atoms. The van der Waals surface area contributed by atoms with E-state index in [1.165, 1.54) is 12.5 Å². The van der Waals surface area contributed by atoms with E-state index in [0.717, 1.165) is 25.7 Å². The molecule has 0 spiro atoms. The lowest BCUT2D eigenvalue weighted by molar-refractivity contribution is -0.120. The lowest BCUT2D eigenvalue weighted by Gasteiger charge is -2.20. The fourth-order valence-electron chi connectivity index (χ4n) is 3.11. The summed E-state index contributed by atoms with van der Waals surface area (Å²) in [5, 5.41) is 14.0. The van der Waals surface area contributed by atoms with Gasteiger partial charge in [0.1, 0.15) is 11.6 Å². The molecule has 1 amide bonds. The second kappa shape index (κ2) is 8.55. The Balaban J connectivity index is 1.47. The minimum atomic E-state index is -0.198. The third kappa shape index (κ3) is 4.98. The van der Waals surface area contributed by atoms with Crippen LogP contribution in [-0.2, 0) is 11.2 Å². The van der Waals surface area contributed by atoms with Crippen LogP contribution in [0.15, 0.2) is 36.4 Å². The number of benzene rings is 1. The van der Waals surface area contributed by atoms with E-state index >= 15 is 0 Å². The Morgan fingerprint density at radius 2 is 1.76 bits per heavy atom. The smallest absolute Gasteiger partial charge is 0.228 e. The van der Waals surface area contributed by atoms with Crippen molar-refractivity contribution in [1.29, 1.82) is 0 Å². The molecule has 1 aromatic carbocycles. The molecule has 6 heteroatoms. The normalized spacial score (nSPS) is 14.9. The highest BCUT2D eigenvalue weighted by Crippen LogP contribution is 2.24. The van der Waals surface area contributed by atoms with Gasteiger partial charge in [0.15, 0.2) is 5.82 Å². The Labute approximate surface area is 147 Å². The Morgan fingerprint density at radius 1 is 1.04 bits per heavy atom. The van der Waals surface area contributed by atoms with E-state index in [-0.39, 0.29) is 17.6 Å². The van der Waals surface area contributed by atoms with Crippen LogP contribution in [0.2, 0.25) is 0 Å². The number of nitrogens with zero attached hydrogens (tertiary/aromatic N) is 2. The molecule has 132 valence electrons. The number of anilines is 2. The first-order valence-electron chi connectivity index (χ1n) is 8.84. The average Bonchev–Trinajstić information content (AvgIpc) is 2.65.